The van der Waals surface area contributed by atoms with E-state index in [1.54, 1.807) is 12.3 Å². The minimum absolute atomic E-state index is 0.198. The molecule has 15 heavy (non-hydrogen) atoms. The van der Waals surface area contributed by atoms with E-state index in [4.69, 9.17) is 0 Å². The highest BCUT2D eigenvalue weighted by molar-refractivity contribution is 7.90. The second-order valence-corrected chi connectivity index (χ2v) is 5.66. The average Bonchev–Trinajstić information content (AvgIpc) is 2.11. The quantitative estimate of drug-likeness (QED) is 0.750. The van der Waals surface area contributed by atoms with E-state index >= 15 is 0 Å². The van der Waals surface area contributed by atoms with Crippen molar-refractivity contribution >= 4 is 15.7 Å². The van der Waals surface area contributed by atoms with Crippen molar-refractivity contribution in [2.45, 2.75) is 13.3 Å². The Labute approximate surface area is 89.9 Å². The summed E-state index contributed by atoms with van der Waals surface area (Å²) < 4.78 is 21.7. The van der Waals surface area contributed by atoms with Crippen molar-refractivity contribution in [3.63, 3.8) is 0 Å². The van der Waals surface area contributed by atoms with Crippen LogP contribution >= 0.6 is 0 Å². The molecule has 5 nitrogen and oxygen atoms in total. The molecule has 0 aromatic carbocycles. The van der Waals surface area contributed by atoms with Gasteiger partial charge in [0.05, 0.1) is 5.75 Å². The molecule has 0 fully saturated rings. The van der Waals surface area contributed by atoms with Crippen LogP contribution in [0.5, 0.6) is 0 Å². The fourth-order valence-corrected chi connectivity index (χ4v) is 1.77. The summed E-state index contributed by atoms with van der Waals surface area (Å²) in [6.07, 6.45) is 3.49. The number of anilines is 1. The molecule has 1 aromatic rings. The van der Waals surface area contributed by atoms with Gasteiger partial charge in [0.2, 0.25) is 0 Å². The van der Waals surface area contributed by atoms with Crippen molar-refractivity contribution in [2.75, 3.05) is 23.9 Å². The van der Waals surface area contributed by atoms with E-state index in [0.29, 0.717) is 18.8 Å². The molecule has 1 N–H and O–H groups in total. The molecule has 0 atom stereocenters. The highest BCUT2D eigenvalue weighted by atomic mass is 32.2. The SMILES string of the molecule is Cc1nccc(NCCCS(C)(=O)=O)n1. The highest BCUT2D eigenvalue weighted by Gasteiger charge is 2.01. The van der Waals surface area contributed by atoms with Gasteiger partial charge in [-0.25, -0.2) is 18.4 Å². The minimum Gasteiger partial charge on any atom is -0.370 e. The van der Waals surface area contributed by atoms with Crippen LogP contribution in [0.1, 0.15) is 12.2 Å². The molecule has 1 aromatic heterocycles. The first-order valence-electron chi connectivity index (χ1n) is 4.68. The van der Waals surface area contributed by atoms with E-state index < -0.39 is 9.84 Å². The molecular weight excluding hydrogens is 214 g/mol. The van der Waals surface area contributed by atoms with Gasteiger partial charge in [-0.15, -0.1) is 0 Å². The second kappa shape index (κ2) is 5.06. The summed E-state index contributed by atoms with van der Waals surface area (Å²) in [5.41, 5.74) is 0. The number of rotatable bonds is 5. The van der Waals surface area contributed by atoms with E-state index in [1.807, 2.05) is 6.92 Å². The van der Waals surface area contributed by atoms with E-state index in [9.17, 15) is 8.42 Å². The Morgan fingerprint density at radius 1 is 1.47 bits per heavy atom. The summed E-state index contributed by atoms with van der Waals surface area (Å²) >= 11 is 0. The molecule has 0 unspecified atom stereocenters. The maximum Gasteiger partial charge on any atom is 0.147 e. The zero-order valence-electron chi connectivity index (χ0n) is 8.90. The lowest BCUT2D eigenvalue weighted by molar-refractivity contribution is 0.600. The van der Waals surface area contributed by atoms with Gasteiger partial charge in [-0.1, -0.05) is 0 Å². The average molecular weight is 229 g/mol. The fraction of sp³-hybridized carbons (Fsp3) is 0.556. The molecule has 84 valence electrons. The number of nitrogens with zero attached hydrogens (tertiary/aromatic N) is 2. The zero-order valence-corrected chi connectivity index (χ0v) is 9.71. The monoisotopic (exact) mass is 229 g/mol. The lowest BCUT2D eigenvalue weighted by Gasteiger charge is -2.04. The summed E-state index contributed by atoms with van der Waals surface area (Å²) in [4.78, 5) is 8.10. The van der Waals surface area contributed by atoms with Crippen molar-refractivity contribution in [3.8, 4) is 0 Å². The number of aromatic nitrogens is 2. The molecule has 0 aliphatic rings. The standard InChI is InChI=1S/C9H15N3O2S/c1-8-10-6-4-9(12-8)11-5-3-7-15(2,13)14/h4,6H,3,5,7H2,1-2H3,(H,10,11,12). The van der Waals surface area contributed by atoms with Gasteiger partial charge in [-0.2, -0.15) is 0 Å². The van der Waals surface area contributed by atoms with Gasteiger partial charge < -0.3 is 5.32 Å². The number of nitrogens with one attached hydrogen (secondary N) is 1. The summed E-state index contributed by atoms with van der Waals surface area (Å²) in [5, 5.41) is 3.04. The van der Waals surface area contributed by atoms with Gasteiger partial charge in [0, 0.05) is 19.0 Å². The first kappa shape index (κ1) is 11.9. The van der Waals surface area contributed by atoms with E-state index in [-0.39, 0.29) is 5.75 Å². The van der Waals surface area contributed by atoms with Crippen LogP contribution in [-0.2, 0) is 9.84 Å². The molecule has 0 aliphatic carbocycles. The maximum absolute atomic E-state index is 10.8. The molecule has 1 rings (SSSR count). The lowest BCUT2D eigenvalue weighted by atomic mass is 10.4. The summed E-state index contributed by atoms with van der Waals surface area (Å²) in [7, 11) is -2.86. The third-order valence-electron chi connectivity index (χ3n) is 1.77. The van der Waals surface area contributed by atoms with Gasteiger partial charge in [0.15, 0.2) is 0 Å². The van der Waals surface area contributed by atoms with E-state index in [1.165, 1.54) is 6.26 Å². The number of hydrogen-bond donors (Lipinski definition) is 1. The minimum atomic E-state index is -2.86. The molecule has 0 radical (unpaired) electrons. The van der Waals surface area contributed by atoms with Crippen molar-refractivity contribution in [3.05, 3.63) is 18.1 Å². The Morgan fingerprint density at radius 2 is 2.20 bits per heavy atom. The number of sulfone groups is 1. The van der Waals surface area contributed by atoms with Crippen LogP contribution in [0.2, 0.25) is 0 Å². The van der Waals surface area contributed by atoms with Crippen LogP contribution in [0.4, 0.5) is 5.82 Å². The molecular formula is C9H15N3O2S. The van der Waals surface area contributed by atoms with Crippen LogP contribution in [0, 0.1) is 6.92 Å². The van der Waals surface area contributed by atoms with E-state index in [0.717, 1.165) is 5.82 Å². The van der Waals surface area contributed by atoms with Crippen molar-refractivity contribution in [1.29, 1.82) is 0 Å². The molecule has 0 amide bonds. The van der Waals surface area contributed by atoms with Gasteiger partial charge in [-0.3, -0.25) is 0 Å². The molecule has 0 saturated heterocycles. The molecule has 1 heterocycles. The van der Waals surface area contributed by atoms with Crippen LogP contribution in [0.25, 0.3) is 0 Å². The van der Waals surface area contributed by atoms with Gasteiger partial charge in [0.1, 0.15) is 21.5 Å². The predicted octanol–water partition coefficient (Wildman–Crippen LogP) is 0.632. The summed E-state index contributed by atoms with van der Waals surface area (Å²) in [5.74, 6) is 1.63. The first-order valence-corrected chi connectivity index (χ1v) is 6.75. The molecule has 0 spiro atoms. The fourth-order valence-electron chi connectivity index (χ4n) is 1.11. The van der Waals surface area contributed by atoms with Crippen molar-refractivity contribution < 1.29 is 8.42 Å². The third-order valence-corrected chi connectivity index (χ3v) is 2.80. The Balaban J connectivity index is 2.32. The second-order valence-electron chi connectivity index (χ2n) is 3.40. The summed E-state index contributed by atoms with van der Waals surface area (Å²) in [6, 6.07) is 1.76. The highest BCUT2D eigenvalue weighted by Crippen LogP contribution is 2.01. The third kappa shape index (κ3) is 5.31. The van der Waals surface area contributed by atoms with Gasteiger partial charge in [-0.05, 0) is 19.4 Å². The largest absolute Gasteiger partial charge is 0.370 e. The molecule has 0 saturated carbocycles. The maximum atomic E-state index is 10.8. The first-order chi connectivity index (χ1) is 6.97. The van der Waals surface area contributed by atoms with Crippen molar-refractivity contribution in [1.82, 2.24) is 9.97 Å². The topological polar surface area (TPSA) is 72.0 Å². The van der Waals surface area contributed by atoms with Gasteiger partial charge >= 0.3 is 0 Å². The molecule has 0 bridgehead atoms. The number of hydrogen-bond acceptors (Lipinski definition) is 5. The smallest absolute Gasteiger partial charge is 0.147 e. The Morgan fingerprint density at radius 3 is 2.80 bits per heavy atom. The molecule has 0 aliphatic heterocycles. The molecule has 6 heteroatoms. The Kier molecular flexibility index (Phi) is 4.02. The van der Waals surface area contributed by atoms with Crippen LogP contribution in [0.15, 0.2) is 12.3 Å². The van der Waals surface area contributed by atoms with Crippen LogP contribution in [-0.4, -0.2) is 36.9 Å². The van der Waals surface area contributed by atoms with E-state index in [2.05, 4.69) is 15.3 Å². The summed E-state index contributed by atoms with van der Waals surface area (Å²) in [6.45, 7) is 2.41. The Hall–Kier alpha value is -1.17. The normalized spacial score (nSPS) is 11.3. The Bertz CT molecular complexity index is 417. The number of aryl methyl sites for hydroxylation is 1. The van der Waals surface area contributed by atoms with Gasteiger partial charge in [0.25, 0.3) is 0 Å². The zero-order chi connectivity index (χ0) is 11.3. The lowest BCUT2D eigenvalue weighted by Crippen LogP contribution is -2.10. The van der Waals surface area contributed by atoms with Crippen molar-refractivity contribution in [2.24, 2.45) is 0 Å². The van der Waals surface area contributed by atoms with Crippen LogP contribution < -0.4 is 5.32 Å². The predicted molar refractivity (Wildman–Crippen MR) is 59.6 cm³/mol. The van der Waals surface area contributed by atoms with Crippen LogP contribution in [0.3, 0.4) is 0 Å².